The predicted molar refractivity (Wildman–Crippen MR) is 72.2 cm³/mol. The van der Waals surface area contributed by atoms with Gasteiger partial charge >= 0.3 is 0 Å². The fourth-order valence-corrected chi connectivity index (χ4v) is 1.61. The number of rotatable bonds is 7. The average Bonchev–Trinajstić information content (AvgIpc) is 2.36. The molecule has 5 heteroatoms. The number of anilines is 1. The van der Waals surface area contributed by atoms with Crippen LogP contribution in [0.25, 0.3) is 0 Å². The van der Waals surface area contributed by atoms with Crippen molar-refractivity contribution in [1.82, 2.24) is 5.32 Å². The van der Waals surface area contributed by atoms with E-state index in [0.29, 0.717) is 18.7 Å². The van der Waals surface area contributed by atoms with Crippen LogP contribution < -0.4 is 10.6 Å². The second-order valence-electron chi connectivity index (χ2n) is 4.35. The first-order chi connectivity index (χ1) is 9.08. The summed E-state index contributed by atoms with van der Waals surface area (Å²) in [5.74, 6) is -0.434. The van der Waals surface area contributed by atoms with Crippen LogP contribution in [0.3, 0.4) is 0 Å². The number of halogens is 1. The molecule has 0 saturated heterocycles. The number of carbonyl (C=O) groups is 2. The zero-order chi connectivity index (χ0) is 14.1. The molecule has 19 heavy (non-hydrogen) atoms. The van der Waals surface area contributed by atoms with Crippen molar-refractivity contribution >= 4 is 17.5 Å². The lowest BCUT2D eigenvalue weighted by Gasteiger charge is -2.05. The van der Waals surface area contributed by atoms with E-state index < -0.39 is 0 Å². The van der Waals surface area contributed by atoms with E-state index in [1.807, 2.05) is 0 Å². The summed E-state index contributed by atoms with van der Waals surface area (Å²) >= 11 is 0. The van der Waals surface area contributed by atoms with Crippen LogP contribution in [0.5, 0.6) is 0 Å². The molecule has 0 aliphatic carbocycles. The number of amides is 2. The molecule has 4 nitrogen and oxygen atoms in total. The first kappa shape index (κ1) is 15.1. The van der Waals surface area contributed by atoms with Gasteiger partial charge in [-0.3, -0.25) is 9.59 Å². The minimum absolute atomic E-state index is 0.0333. The van der Waals surface area contributed by atoms with Crippen LogP contribution in [-0.2, 0) is 9.59 Å². The van der Waals surface area contributed by atoms with Crippen LogP contribution in [0.1, 0.15) is 32.6 Å². The Balaban J connectivity index is 2.11. The summed E-state index contributed by atoms with van der Waals surface area (Å²) in [7, 11) is 0. The summed E-state index contributed by atoms with van der Waals surface area (Å²) < 4.78 is 12.7. The number of unbranched alkanes of at least 4 members (excludes halogenated alkanes) is 2. The average molecular weight is 266 g/mol. The van der Waals surface area contributed by atoms with Crippen molar-refractivity contribution in [1.29, 1.82) is 0 Å². The van der Waals surface area contributed by atoms with Crippen molar-refractivity contribution in [3.63, 3.8) is 0 Å². The van der Waals surface area contributed by atoms with Crippen LogP contribution in [0.4, 0.5) is 10.1 Å². The first-order valence-corrected chi connectivity index (χ1v) is 6.38. The lowest BCUT2D eigenvalue weighted by Crippen LogP contribution is -2.20. The number of benzene rings is 1. The highest BCUT2D eigenvalue weighted by atomic mass is 19.1. The van der Waals surface area contributed by atoms with Gasteiger partial charge in [-0.15, -0.1) is 0 Å². The van der Waals surface area contributed by atoms with Gasteiger partial charge in [0, 0.05) is 25.6 Å². The fraction of sp³-hybridized carbons (Fsp3) is 0.429. The zero-order valence-electron chi connectivity index (χ0n) is 11.0. The lowest BCUT2D eigenvalue weighted by atomic mass is 10.2. The Morgan fingerprint density at radius 1 is 1.11 bits per heavy atom. The van der Waals surface area contributed by atoms with Gasteiger partial charge in [0.1, 0.15) is 5.82 Å². The van der Waals surface area contributed by atoms with E-state index in [0.717, 1.165) is 19.3 Å². The number of carbonyl (C=O) groups excluding carboxylic acids is 2. The molecule has 0 saturated carbocycles. The molecule has 0 fully saturated rings. The first-order valence-electron chi connectivity index (χ1n) is 6.38. The van der Waals surface area contributed by atoms with Gasteiger partial charge in [-0.2, -0.15) is 0 Å². The van der Waals surface area contributed by atoms with Crippen LogP contribution >= 0.6 is 0 Å². The van der Waals surface area contributed by atoms with Crippen molar-refractivity contribution < 1.29 is 14.0 Å². The Morgan fingerprint density at radius 2 is 1.79 bits per heavy atom. The summed E-state index contributed by atoms with van der Waals surface area (Å²) in [5, 5.41) is 5.41. The van der Waals surface area contributed by atoms with Gasteiger partial charge in [0.15, 0.2) is 0 Å². The molecule has 0 bridgehead atoms. The molecule has 0 heterocycles. The van der Waals surface area contributed by atoms with Gasteiger partial charge in [-0.25, -0.2) is 4.39 Å². The van der Waals surface area contributed by atoms with Crippen molar-refractivity contribution in [2.45, 2.75) is 32.6 Å². The second-order valence-corrected chi connectivity index (χ2v) is 4.35. The van der Waals surface area contributed by atoms with Gasteiger partial charge in [0.2, 0.25) is 11.8 Å². The Kier molecular flexibility index (Phi) is 6.57. The molecule has 0 atom stereocenters. The van der Waals surface area contributed by atoms with E-state index >= 15 is 0 Å². The normalized spacial score (nSPS) is 10.0. The Labute approximate surface area is 112 Å². The molecule has 2 amide bonds. The van der Waals surface area contributed by atoms with Crippen LogP contribution in [0.15, 0.2) is 24.3 Å². The maximum absolute atomic E-state index is 12.7. The fourth-order valence-electron chi connectivity index (χ4n) is 1.61. The third-order valence-electron chi connectivity index (χ3n) is 2.58. The monoisotopic (exact) mass is 266 g/mol. The molecule has 0 unspecified atom stereocenters. The van der Waals surface area contributed by atoms with Crippen molar-refractivity contribution in [3.05, 3.63) is 30.1 Å². The maximum Gasteiger partial charge on any atom is 0.224 e. The Morgan fingerprint density at radius 3 is 2.42 bits per heavy atom. The molecule has 1 aromatic rings. The molecule has 2 N–H and O–H groups in total. The topological polar surface area (TPSA) is 58.2 Å². The highest BCUT2D eigenvalue weighted by Gasteiger charge is 2.02. The largest absolute Gasteiger partial charge is 0.356 e. The van der Waals surface area contributed by atoms with Gasteiger partial charge in [0.05, 0.1) is 0 Å². The van der Waals surface area contributed by atoms with Gasteiger partial charge in [0.25, 0.3) is 0 Å². The second kappa shape index (κ2) is 8.24. The zero-order valence-corrected chi connectivity index (χ0v) is 11.0. The SMILES string of the molecule is CC(=O)NCCCCCC(=O)Nc1ccc(F)cc1. The number of hydrogen-bond acceptors (Lipinski definition) is 2. The molecular formula is C14H19FN2O2. The van der Waals surface area contributed by atoms with E-state index in [2.05, 4.69) is 10.6 Å². The smallest absolute Gasteiger partial charge is 0.224 e. The predicted octanol–water partition coefficient (Wildman–Crippen LogP) is 2.46. The lowest BCUT2D eigenvalue weighted by molar-refractivity contribution is -0.119. The number of hydrogen-bond donors (Lipinski definition) is 2. The molecule has 0 aliphatic heterocycles. The van der Waals surface area contributed by atoms with E-state index in [9.17, 15) is 14.0 Å². The van der Waals surface area contributed by atoms with Crippen LogP contribution in [0, 0.1) is 5.82 Å². The summed E-state index contributed by atoms with van der Waals surface area (Å²) in [6, 6.07) is 5.68. The van der Waals surface area contributed by atoms with Gasteiger partial charge in [-0.1, -0.05) is 6.42 Å². The molecule has 0 spiro atoms. The van der Waals surface area contributed by atoms with E-state index in [1.165, 1.54) is 31.2 Å². The minimum Gasteiger partial charge on any atom is -0.356 e. The van der Waals surface area contributed by atoms with Crippen LogP contribution in [-0.4, -0.2) is 18.4 Å². The van der Waals surface area contributed by atoms with Gasteiger partial charge < -0.3 is 10.6 Å². The summed E-state index contributed by atoms with van der Waals surface area (Å²) in [5.41, 5.74) is 0.602. The highest BCUT2D eigenvalue weighted by Crippen LogP contribution is 2.09. The van der Waals surface area contributed by atoms with E-state index in [-0.39, 0.29) is 17.6 Å². The quantitative estimate of drug-likeness (QED) is 0.745. The summed E-state index contributed by atoms with van der Waals surface area (Å²) in [4.78, 5) is 22.2. The van der Waals surface area contributed by atoms with Crippen LogP contribution in [0.2, 0.25) is 0 Å². The molecule has 104 valence electrons. The molecule has 1 aromatic carbocycles. The molecular weight excluding hydrogens is 247 g/mol. The molecule has 0 aromatic heterocycles. The third kappa shape index (κ3) is 7.18. The van der Waals surface area contributed by atoms with E-state index in [4.69, 9.17) is 0 Å². The number of nitrogens with one attached hydrogen (secondary N) is 2. The highest BCUT2D eigenvalue weighted by molar-refractivity contribution is 5.90. The van der Waals surface area contributed by atoms with E-state index in [1.54, 1.807) is 0 Å². The third-order valence-corrected chi connectivity index (χ3v) is 2.58. The summed E-state index contributed by atoms with van der Waals surface area (Å²) in [6.45, 7) is 2.13. The standard InChI is InChI=1S/C14H19FN2O2/c1-11(18)16-10-4-2-3-5-14(19)17-13-8-6-12(15)7-9-13/h6-9H,2-5,10H2,1H3,(H,16,18)(H,17,19). The van der Waals surface area contributed by atoms with Crippen molar-refractivity contribution in [3.8, 4) is 0 Å². The van der Waals surface area contributed by atoms with Crippen molar-refractivity contribution in [2.24, 2.45) is 0 Å². The molecule has 0 radical (unpaired) electrons. The Bertz CT molecular complexity index is 418. The maximum atomic E-state index is 12.7. The molecule has 0 aliphatic rings. The Hall–Kier alpha value is -1.91. The minimum atomic E-state index is -0.323. The van der Waals surface area contributed by atoms with Crippen molar-refractivity contribution in [2.75, 3.05) is 11.9 Å². The molecule has 1 rings (SSSR count). The summed E-state index contributed by atoms with van der Waals surface area (Å²) in [6.07, 6.45) is 2.95. The van der Waals surface area contributed by atoms with Gasteiger partial charge in [-0.05, 0) is 37.1 Å².